The molecule has 0 saturated heterocycles. The van der Waals surface area contributed by atoms with Crippen molar-refractivity contribution in [2.24, 2.45) is 4.99 Å². The number of nitro groups is 1. The second-order valence-corrected chi connectivity index (χ2v) is 7.57. The van der Waals surface area contributed by atoms with Gasteiger partial charge in [0.15, 0.2) is 0 Å². The summed E-state index contributed by atoms with van der Waals surface area (Å²) < 4.78 is 0. The van der Waals surface area contributed by atoms with Gasteiger partial charge in [-0.15, -0.1) is 0 Å². The SMILES string of the molecule is O=[N+]([O-])c1ccc(-c2sc(N=Cc3cccc(Cl)c3)nc2-c2ccccc2)cc1. The van der Waals surface area contributed by atoms with Crippen LogP contribution in [0.4, 0.5) is 10.8 Å². The highest BCUT2D eigenvalue weighted by molar-refractivity contribution is 7.19. The normalized spacial score (nSPS) is 11.1. The fourth-order valence-electron chi connectivity index (χ4n) is 2.80. The highest BCUT2D eigenvalue weighted by Crippen LogP contribution is 2.40. The van der Waals surface area contributed by atoms with E-state index in [1.807, 2.05) is 54.6 Å². The fourth-order valence-corrected chi connectivity index (χ4v) is 3.94. The van der Waals surface area contributed by atoms with Crippen molar-refractivity contribution >= 4 is 40.0 Å². The van der Waals surface area contributed by atoms with Gasteiger partial charge in [-0.2, -0.15) is 0 Å². The number of hydrogen-bond donors (Lipinski definition) is 0. The molecule has 7 heteroatoms. The Hall–Kier alpha value is -3.35. The molecular weight excluding hydrogens is 406 g/mol. The van der Waals surface area contributed by atoms with E-state index >= 15 is 0 Å². The highest BCUT2D eigenvalue weighted by Gasteiger charge is 2.15. The smallest absolute Gasteiger partial charge is 0.258 e. The number of aromatic nitrogens is 1. The molecule has 1 heterocycles. The van der Waals surface area contributed by atoms with Crippen LogP contribution in [0.2, 0.25) is 5.02 Å². The first-order valence-corrected chi connectivity index (χ1v) is 9.90. The molecule has 5 nitrogen and oxygen atoms in total. The number of nitro benzene ring substituents is 1. The molecule has 0 fully saturated rings. The lowest BCUT2D eigenvalue weighted by Gasteiger charge is -2.02. The van der Waals surface area contributed by atoms with Gasteiger partial charge in [0.25, 0.3) is 5.69 Å². The van der Waals surface area contributed by atoms with Crippen LogP contribution in [0, 0.1) is 10.1 Å². The first-order chi connectivity index (χ1) is 14.1. The van der Waals surface area contributed by atoms with Gasteiger partial charge < -0.3 is 0 Å². The summed E-state index contributed by atoms with van der Waals surface area (Å²) in [5.41, 5.74) is 3.55. The molecule has 1 aromatic heterocycles. The standard InChI is InChI=1S/C22H14ClN3O2S/c23-18-8-4-5-15(13-18)14-24-22-25-20(16-6-2-1-3-7-16)21(29-22)17-9-11-19(12-10-17)26(27)28/h1-14H. The van der Waals surface area contributed by atoms with Crippen LogP contribution in [0.5, 0.6) is 0 Å². The van der Waals surface area contributed by atoms with Gasteiger partial charge >= 0.3 is 0 Å². The summed E-state index contributed by atoms with van der Waals surface area (Å²) in [6.07, 6.45) is 1.72. The van der Waals surface area contributed by atoms with E-state index in [-0.39, 0.29) is 5.69 Å². The molecule has 29 heavy (non-hydrogen) atoms. The maximum absolute atomic E-state index is 11.0. The van der Waals surface area contributed by atoms with Gasteiger partial charge in [-0.05, 0) is 35.4 Å². The molecule has 0 N–H and O–H groups in total. The molecule has 0 aliphatic carbocycles. The predicted octanol–water partition coefficient (Wildman–Crippen LogP) is 6.79. The summed E-state index contributed by atoms with van der Waals surface area (Å²) in [6.45, 7) is 0. The molecule has 0 amide bonds. The Morgan fingerprint density at radius 1 is 0.966 bits per heavy atom. The third-order valence-electron chi connectivity index (χ3n) is 4.18. The van der Waals surface area contributed by atoms with Gasteiger partial charge in [0.05, 0.1) is 15.5 Å². The summed E-state index contributed by atoms with van der Waals surface area (Å²) in [4.78, 5) is 20.7. The summed E-state index contributed by atoms with van der Waals surface area (Å²) >= 11 is 7.46. The lowest BCUT2D eigenvalue weighted by atomic mass is 10.1. The van der Waals surface area contributed by atoms with Crippen LogP contribution >= 0.6 is 22.9 Å². The van der Waals surface area contributed by atoms with Crippen LogP contribution < -0.4 is 0 Å². The second-order valence-electron chi connectivity index (χ2n) is 6.16. The van der Waals surface area contributed by atoms with E-state index in [0.717, 1.165) is 27.3 Å². The predicted molar refractivity (Wildman–Crippen MR) is 118 cm³/mol. The van der Waals surface area contributed by atoms with Gasteiger partial charge in [-0.1, -0.05) is 65.4 Å². The summed E-state index contributed by atoms with van der Waals surface area (Å²) in [5.74, 6) is 0. The van der Waals surface area contributed by atoms with E-state index in [2.05, 4.69) is 4.99 Å². The Labute approximate surface area is 176 Å². The average Bonchev–Trinajstić information content (AvgIpc) is 3.17. The number of halogens is 1. The summed E-state index contributed by atoms with van der Waals surface area (Å²) in [7, 11) is 0. The van der Waals surface area contributed by atoms with Crippen molar-refractivity contribution in [1.29, 1.82) is 0 Å². The van der Waals surface area contributed by atoms with E-state index in [1.165, 1.54) is 23.5 Å². The zero-order chi connectivity index (χ0) is 20.2. The number of thiazole rings is 1. The van der Waals surface area contributed by atoms with Crippen LogP contribution in [0.25, 0.3) is 21.7 Å². The molecule has 0 saturated carbocycles. The van der Waals surface area contributed by atoms with Gasteiger partial charge in [-0.3, -0.25) is 10.1 Å². The molecule has 0 spiro atoms. The Balaban J connectivity index is 1.76. The molecular formula is C22H14ClN3O2S. The topological polar surface area (TPSA) is 68.4 Å². The fraction of sp³-hybridized carbons (Fsp3) is 0. The lowest BCUT2D eigenvalue weighted by Crippen LogP contribution is -1.87. The molecule has 4 aromatic rings. The molecule has 4 rings (SSSR count). The lowest BCUT2D eigenvalue weighted by molar-refractivity contribution is -0.384. The Kier molecular flexibility index (Phi) is 5.46. The van der Waals surface area contributed by atoms with Crippen molar-refractivity contribution in [3.05, 3.63) is 99.6 Å². The number of benzene rings is 3. The van der Waals surface area contributed by atoms with Crippen molar-refractivity contribution < 1.29 is 4.92 Å². The minimum absolute atomic E-state index is 0.0544. The zero-order valence-corrected chi connectivity index (χ0v) is 16.6. The van der Waals surface area contributed by atoms with E-state index in [1.54, 1.807) is 18.3 Å². The van der Waals surface area contributed by atoms with E-state index in [9.17, 15) is 10.1 Å². The van der Waals surface area contributed by atoms with Crippen molar-refractivity contribution in [2.45, 2.75) is 0 Å². The molecule has 0 bridgehead atoms. The van der Waals surface area contributed by atoms with Crippen LogP contribution in [-0.2, 0) is 0 Å². The Morgan fingerprint density at radius 2 is 1.72 bits per heavy atom. The average molecular weight is 420 g/mol. The third-order valence-corrected chi connectivity index (χ3v) is 5.42. The van der Waals surface area contributed by atoms with Crippen LogP contribution in [0.3, 0.4) is 0 Å². The maximum Gasteiger partial charge on any atom is 0.269 e. The number of non-ortho nitro benzene ring substituents is 1. The first-order valence-electron chi connectivity index (χ1n) is 8.71. The molecule has 0 radical (unpaired) electrons. The number of rotatable bonds is 5. The van der Waals surface area contributed by atoms with Crippen molar-refractivity contribution in [1.82, 2.24) is 4.98 Å². The van der Waals surface area contributed by atoms with Gasteiger partial charge in [0.1, 0.15) is 0 Å². The number of hydrogen-bond acceptors (Lipinski definition) is 5. The Bertz CT molecular complexity index is 1190. The van der Waals surface area contributed by atoms with Crippen LogP contribution in [0.15, 0.2) is 83.9 Å². The summed E-state index contributed by atoms with van der Waals surface area (Å²) in [6, 6.07) is 23.7. The molecule has 0 aliphatic rings. The number of nitrogens with zero attached hydrogens (tertiary/aromatic N) is 3. The molecule has 0 unspecified atom stereocenters. The van der Waals surface area contributed by atoms with Crippen LogP contribution in [0.1, 0.15) is 5.56 Å². The second kappa shape index (κ2) is 8.34. The molecule has 0 atom stereocenters. The largest absolute Gasteiger partial charge is 0.269 e. The third kappa shape index (κ3) is 4.39. The summed E-state index contributed by atoms with van der Waals surface area (Å²) in [5, 5.41) is 12.2. The molecule has 142 valence electrons. The van der Waals surface area contributed by atoms with Crippen molar-refractivity contribution in [2.75, 3.05) is 0 Å². The van der Waals surface area contributed by atoms with Crippen LogP contribution in [-0.4, -0.2) is 16.1 Å². The maximum atomic E-state index is 11.0. The molecule has 0 aliphatic heterocycles. The number of aliphatic imine (C=N–C) groups is 1. The molecule has 3 aromatic carbocycles. The highest BCUT2D eigenvalue weighted by atomic mass is 35.5. The Morgan fingerprint density at radius 3 is 2.41 bits per heavy atom. The van der Waals surface area contributed by atoms with E-state index in [4.69, 9.17) is 16.6 Å². The van der Waals surface area contributed by atoms with Crippen molar-refractivity contribution in [3.63, 3.8) is 0 Å². The quantitative estimate of drug-likeness (QED) is 0.203. The first kappa shape index (κ1) is 19.0. The monoisotopic (exact) mass is 419 g/mol. The van der Waals surface area contributed by atoms with Gasteiger partial charge in [-0.25, -0.2) is 9.98 Å². The minimum atomic E-state index is -0.407. The van der Waals surface area contributed by atoms with Gasteiger partial charge in [0.2, 0.25) is 5.13 Å². The van der Waals surface area contributed by atoms with E-state index < -0.39 is 4.92 Å². The van der Waals surface area contributed by atoms with E-state index in [0.29, 0.717) is 10.2 Å². The zero-order valence-electron chi connectivity index (χ0n) is 15.0. The van der Waals surface area contributed by atoms with Crippen molar-refractivity contribution in [3.8, 4) is 21.7 Å². The van der Waals surface area contributed by atoms with Gasteiger partial charge in [0, 0.05) is 28.9 Å². The minimum Gasteiger partial charge on any atom is -0.258 e.